The van der Waals surface area contributed by atoms with E-state index in [9.17, 15) is 4.79 Å². The number of rotatable bonds is 2. The summed E-state index contributed by atoms with van der Waals surface area (Å²) in [6.07, 6.45) is 2.79. The third-order valence-corrected chi connectivity index (χ3v) is 2.87. The number of nitrogens with zero attached hydrogens (tertiary/aromatic N) is 2. The number of carbonyl (C=O) groups excluding carboxylic acids is 1. The van der Waals surface area contributed by atoms with E-state index in [-0.39, 0.29) is 5.91 Å². The minimum atomic E-state index is 0.0204. The number of hydrogen-bond donors (Lipinski definition) is 0. The van der Waals surface area contributed by atoms with E-state index in [1.807, 2.05) is 6.20 Å². The average Bonchev–Trinajstić information content (AvgIpc) is 2.50. The van der Waals surface area contributed by atoms with Crippen LogP contribution in [0.1, 0.15) is 18.7 Å². The van der Waals surface area contributed by atoms with Gasteiger partial charge in [-0.3, -0.25) is 9.69 Å². The predicted molar refractivity (Wildman–Crippen MR) is 50.6 cm³/mol. The minimum Gasteiger partial charge on any atom is -0.292 e. The van der Waals surface area contributed by atoms with Crippen LogP contribution in [0.4, 0.5) is 5.13 Å². The molecule has 0 aliphatic rings. The van der Waals surface area contributed by atoms with Crippen LogP contribution >= 0.6 is 11.3 Å². The van der Waals surface area contributed by atoms with Crippen molar-refractivity contribution in [1.29, 1.82) is 0 Å². The number of hydrogen-bond acceptors (Lipinski definition) is 3. The van der Waals surface area contributed by atoms with E-state index in [0.717, 1.165) is 11.6 Å². The van der Waals surface area contributed by atoms with Gasteiger partial charge < -0.3 is 0 Å². The van der Waals surface area contributed by atoms with E-state index < -0.39 is 0 Å². The van der Waals surface area contributed by atoms with E-state index >= 15 is 0 Å². The molecule has 0 atom stereocenters. The highest BCUT2D eigenvalue weighted by atomic mass is 32.1. The molecule has 0 saturated heterocycles. The Bertz CT molecular complexity index is 282. The van der Waals surface area contributed by atoms with Gasteiger partial charge in [0.15, 0.2) is 5.13 Å². The smallest absolute Gasteiger partial charge is 0.225 e. The van der Waals surface area contributed by atoms with E-state index in [2.05, 4.69) is 11.9 Å². The predicted octanol–water partition coefficient (Wildman–Crippen LogP) is 1.69. The first-order valence-electron chi connectivity index (χ1n) is 3.84. The average molecular weight is 184 g/mol. The summed E-state index contributed by atoms with van der Waals surface area (Å²) in [6, 6.07) is 0. The van der Waals surface area contributed by atoms with Gasteiger partial charge in [0, 0.05) is 25.0 Å². The van der Waals surface area contributed by atoms with Gasteiger partial charge in [-0.25, -0.2) is 4.98 Å². The molecule has 1 heterocycles. The van der Waals surface area contributed by atoms with Gasteiger partial charge in [0.1, 0.15) is 0 Å². The number of aryl methyl sites for hydroxylation is 1. The van der Waals surface area contributed by atoms with Crippen LogP contribution in [0.5, 0.6) is 0 Å². The van der Waals surface area contributed by atoms with Crippen LogP contribution in [0.3, 0.4) is 0 Å². The molecule has 0 N–H and O–H groups in total. The minimum absolute atomic E-state index is 0.0204. The zero-order valence-electron chi connectivity index (χ0n) is 7.50. The third kappa shape index (κ3) is 1.82. The van der Waals surface area contributed by atoms with E-state index in [1.54, 1.807) is 23.3 Å². The number of amides is 1. The molecule has 66 valence electrons. The molecule has 0 aliphatic carbocycles. The lowest BCUT2D eigenvalue weighted by atomic mass is 10.4. The van der Waals surface area contributed by atoms with Gasteiger partial charge in [-0.1, -0.05) is 6.92 Å². The molecular formula is C8H12N2OS. The Hall–Kier alpha value is -0.900. The fourth-order valence-corrected chi connectivity index (χ4v) is 1.61. The molecule has 0 aliphatic heterocycles. The normalized spacial score (nSPS) is 9.92. The SMILES string of the molecule is CCc1cnc(N(C)C(C)=O)s1. The monoisotopic (exact) mass is 184 g/mol. The maximum absolute atomic E-state index is 10.9. The summed E-state index contributed by atoms with van der Waals surface area (Å²) in [5, 5.41) is 0.777. The molecule has 0 saturated carbocycles. The highest BCUT2D eigenvalue weighted by molar-refractivity contribution is 7.15. The van der Waals surface area contributed by atoms with Crippen molar-refractivity contribution in [3.05, 3.63) is 11.1 Å². The maximum Gasteiger partial charge on any atom is 0.225 e. The van der Waals surface area contributed by atoms with Gasteiger partial charge in [0.25, 0.3) is 0 Å². The molecule has 1 amide bonds. The molecule has 0 aromatic carbocycles. The molecule has 0 fully saturated rings. The van der Waals surface area contributed by atoms with Crippen molar-refractivity contribution >= 4 is 22.4 Å². The Balaban J connectivity index is 2.81. The van der Waals surface area contributed by atoms with Gasteiger partial charge >= 0.3 is 0 Å². The second kappa shape index (κ2) is 3.67. The van der Waals surface area contributed by atoms with Gasteiger partial charge in [0.05, 0.1) is 0 Å². The highest BCUT2D eigenvalue weighted by Crippen LogP contribution is 2.21. The van der Waals surface area contributed by atoms with Crippen molar-refractivity contribution in [2.45, 2.75) is 20.3 Å². The molecule has 0 unspecified atom stereocenters. The van der Waals surface area contributed by atoms with Crippen molar-refractivity contribution in [3.8, 4) is 0 Å². The Morgan fingerprint density at radius 2 is 2.42 bits per heavy atom. The van der Waals surface area contributed by atoms with Crippen molar-refractivity contribution < 1.29 is 4.79 Å². The summed E-state index contributed by atoms with van der Waals surface area (Å²) in [6.45, 7) is 3.61. The quantitative estimate of drug-likeness (QED) is 0.700. The zero-order valence-corrected chi connectivity index (χ0v) is 8.31. The highest BCUT2D eigenvalue weighted by Gasteiger charge is 2.08. The van der Waals surface area contributed by atoms with Crippen LogP contribution in [-0.4, -0.2) is 17.9 Å². The summed E-state index contributed by atoms with van der Waals surface area (Å²) in [5.41, 5.74) is 0. The van der Waals surface area contributed by atoms with Gasteiger partial charge in [-0.2, -0.15) is 0 Å². The van der Waals surface area contributed by atoms with E-state index in [4.69, 9.17) is 0 Å². The van der Waals surface area contributed by atoms with Crippen molar-refractivity contribution in [3.63, 3.8) is 0 Å². The lowest BCUT2D eigenvalue weighted by molar-refractivity contribution is -0.116. The van der Waals surface area contributed by atoms with Gasteiger partial charge in [-0.15, -0.1) is 11.3 Å². The Labute approximate surface area is 76.0 Å². The Morgan fingerprint density at radius 3 is 2.83 bits per heavy atom. The van der Waals surface area contributed by atoms with Crippen LogP contribution in [0.25, 0.3) is 0 Å². The third-order valence-electron chi connectivity index (χ3n) is 1.65. The number of aromatic nitrogens is 1. The summed E-state index contributed by atoms with van der Waals surface area (Å²) < 4.78 is 0. The summed E-state index contributed by atoms with van der Waals surface area (Å²) in [4.78, 5) is 17.8. The summed E-state index contributed by atoms with van der Waals surface area (Å²) >= 11 is 1.56. The largest absolute Gasteiger partial charge is 0.292 e. The number of anilines is 1. The van der Waals surface area contributed by atoms with Crippen LogP contribution in [-0.2, 0) is 11.2 Å². The zero-order chi connectivity index (χ0) is 9.14. The van der Waals surface area contributed by atoms with Gasteiger partial charge in [0.2, 0.25) is 5.91 Å². The Kier molecular flexibility index (Phi) is 2.81. The topological polar surface area (TPSA) is 33.2 Å². The first kappa shape index (κ1) is 9.19. The maximum atomic E-state index is 10.9. The fraction of sp³-hybridized carbons (Fsp3) is 0.500. The standard InChI is InChI=1S/C8H12N2OS/c1-4-7-5-9-8(12-7)10(3)6(2)11/h5H,4H2,1-3H3. The number of thiazole rings is 1. The lowest BCUT2D eigenvalue weighted by Gasteiger charge is -2.09. The number of carbonyl (C=O) groups is 1. The molecule has 3 nitrogen and oxygen atoms in total. The Morgan fingerprint density at radius 1 is 1.75 bits per heavy atom. The molecular weight excluding hydrogens is 172 g/mol. The van der Waals surface area contributed by atoms with Gasteiger partial charge in [-0.05, 0) is 6.42 Å². The van der Waals surface area contributed by atoms with E-state index in [1.165, 1.54) is 11.8 Å². The van der Waals surface area contributed by atoms with Crippen LogP contribution in [0.15, 0.2) is 6.20 Å². The molecule has 1 aromatic heterocycles. The van der Waals surface area contributed by atoms with Crippen molar-refractivity contribution in [2.75, 3.05) is 11.9 Å². The first-order valence-corrected chi connectivity index (χ1v) is 4.65. The second-order valence-corrected chi connectivity index (χ2v) is 3.63. The molecule has 12 heavy (non-hydrogen) atoms. The van der Waals surface area contributed by atoms with Crippen LogP contribution in [0.2, 0.25) is 0 Å². The summed E-state index contributed by atoms with van der Waals surface area (Å²) in [5.74, 6) is 0.0204. The lowest BCUT2D eigenvalue weighted by Crippen LogP contribution is -2.22. The molecule has 1 aromatic rings. The van der Waals surface area contributed by atoms with Crippen molar-refractivity contribution in [1.82, 2.24) is 4.98 Å². The molecule has 0 radical (unpaired) electrons. The molecule has 1 rings (SSSR count). The molecule has 0 spiro atoms. The first-order chi connectivity index (χ1) is 5.65. The van der Waals surface area contributed by atoms with Crippen LogP contribution < -0.4 is 4.90 Å². The molecule has 4 heteroatoms. The fourth-order valence-electron chi connectivity index (χ4n) is 0.750. The van der Waals surface area contributed by atoms with E-state index in [0.29, 0.717) is 0 Å². The second-order valence-electron chi connectivity index (χ2n) is 2.54. The van der Waals surface area contributed by atoms with Crippen molar-refractivity contribution in [2.24, 2.45) is 0 Å². The van der Waals surface area contributed by atoms with Crippen LogP contribution in [0, 0.1) is 0 Å². The summed E-state index contributed by atoms with van der Waals surface area (Å²) in [7, 11) is 1.74. The molecule has 0 bridgehead atoms.